The lowest BCUT2D eigenvalue weighted by molar-refractivity contribution is 0.0404. The van der Waals surface area contributed by atoms with Crippen LogP contribution in [-0.4, -0.2) is 36.1 Å². The minimum atomic E-state index is 0.495. The molecule has 0 bridgehead atoms. The summed E-state index contributed by atoms with van der Waals surface area (Å²) < 4.78 is 0. The van der Waals surface area contributed by atoms with Crippen molar-refractivity contribution in [3.8, 4) is 0 Å². The molecular weight excluding hydrogens is 208 g/mol. The van der Waals surface area contributed by atoms with Crippen LogP contribution >= 0.6 is 0 Å². The Bertz CT molecular complexity index is 254. The zero-order chi connectivity index (χ0) is 11.7. The van der Waals surface area contributed by atoms with Crippen LogP contribution in [0.5, 0.6) is 0 Å². The van der Waals surface area contributed by atoms with E-state index in [0.717, 1.165) is 12.0 Å². The Balaban J connectivity index is 1.61. The van der Waals surface area contributed by atoms with Gasteiger partial charge in [0.05, 0.1) is 0 Å². The van der Waals surface area contributed by atoms with Gasteiger partial charge in [-0.3, -0.25) is 4.90 Å². The molecule has 1 unspecified atom stereocenters. The van der Waals surface area contributed by atoms with E-state index in [1.807, 2.05) is 0 Å². The summed E-state index contributed by atoms with van der Waals surface area (Å²) in [6.45, 7) is 6.32. The lowest BCUT2D eigenvalue weighted by atomic mass is 9.78. The van der Waals surface area contributed by atoms with Crippen molar-refractivity contribution in [2.45, 2.75) is 69.9 Å². The minimum absolute atomic E-state index is 0.495. The Kier molecular flexibility index (Phi) is 3.45. The second kappa shape index (κ2) is 4.89. The molecular formula is C15H28N2. The molecule has 3 aliphatic rings. The molecule has 2 aliphatic carbocycles. The predicted octanol–water partition coefficient (Wildman–Crippen LogP) is 2.78. The van der Waals surface area contributed by atoms with Gasteiger partial charge < -0.3 is 5.32 Å². The fourth-order valence-corrected chi connectivity index (χ4v) is 3.91. The highest BCUT2D eigenvalue weighted by molar-refractivity contribution is 4.99. The van der Waals surface area contributed by atoms with Crippen molar-refractivity contribution < 1.29 is 0 Å². The van der Waals surface area contributed by atoms with Crippen LogP contribution < -0.4 is 5.32 Å². The number of piperazine rings is 1. The highest BCUT2D eigenvalue weighted by Crippen LogP contribution is 2.34. The molecule has 1 N–H and O–H groups in total. The molecule has 1 atom stereocenters. The molecule has 1 saturated heterocycles. The van der Waals surface area contributed by atoms with Gasteiger partial charge in [0.1, 0.15) is 0 Å². The summed E-state index contributed by atoms with van der Waals surface area (Å²) in [5.41, 5.74) is 0.495. The Morgan fingerprint density at radius 3 is 2.53 bits per heavy atom. The summed E-state index contributed by atoms with van der Waals surface area (Å²) in [4.78, 5) is 2.80. The molecule has 1 spiro atoms. The summed E-state index contributed by atoms with van der Waals surface area (Å²) in [6.07, 6.45) is 11.6. The van der Waals surface area contributed by atoms with E-state index in [0.29, 0.717) is 5.54 Å². The van der Waals surface area contributed by atoms with Crippen molar-refractivity contribution in [1.29, 1.82) is 0 Å². The van der Waals surface area contributed by atoms with Crippen molar-refractivity contribution >= 4 is 0 Å². The molecule has 3 rings (SSSR count). The summed E-state index contributed by atoms with van der Waals surface area (Å²) in [5.74, 6) is 1.02. The third-order valence-electron chi connectivity index (χ3n) is 5.43. The first-order valence-electron chi connectivity index (χ1n) is 7.77. The van der Waals surface area contributed by atoms with Crippen LogP contribution in [0.1, 0.15) is 58.3 Å². The van der Waals surface area contributed by atoms with Gasteiger partial charge in [-0.05, 0) is 38.5 Å². The molecule has 0 aromatic carbocycles. The lowest BCUT2D eigenvalue weighted by Crippen LogP contribution is -2.64. The molecule has 2 heteroatoms. The zero-order valence-electron chi connectivity index (χ0n) is 11.4. The normalized spacial score (nSPS) is 34.8. The number of nitrogens with zero attached hydrogens (tertiary/aromatic N) is 1. The van der Waals surface area contributed by atoms with Crippen molar-refractivity contribution in [1.82, 2.24) is 10.2 Å². The monoisotopic (exact) mass is 236 g/mol. The van der Waals surface area contributed by atoms with Gasteiger partial charge >= 0.3 is 0 Å². The first-order chi connectivity index (χ1) is 8.27. The Hall–Kier alpha value is -0.0800. The molecule has 3 fully saturated rings. The summed E-state index contributed by atoms with van der Waals surface area (Å²) in [7, 11) is 0. The molecule has 0 aromatic heterocycles. The summed E-state index contributed by atoms with van der Waals surface area (Å²) in [6, 6.07) is 0.753. The highest BCUT2D eigenvalue weighted by Gasteiger charge is 2.39. The first-order valence-corrected chi connectivity index (χ1v) is 7.77. The molecule has 2 saturated carbocycles. The lowest BCUT2D eigenvalue weighted by Gasteiger charge is -2.50. The van der Waals surface area contributed by atoms with Gasteiger partial charge in [0, 0.05) is 31.2 Å². The Labute approximate surface area is 106 Å². The van der Waals surface area contributed by atoms with E-state index in [-0.39, 0.29) is 0 Å². The average Bonchev–Trinajstić information content (AvgIpc) is 2.30. The van der Waals surface area contributed by atoms with E-state index in [4.69, 9.17) is 0 Å². The summed E-state index contributed by atoms with van der Waals surface area (Å²) >= 11 is 0. The van der Waals surface area contributed by atoms with Crippen molar-refractivity contribution in [3.05, 3.63) is 0 Å². The number of rotatable bonds is 2. The van der Waals surface area contributed by atoms with Gasteiger partial charge in [-0.1, -0.05) is 25.7 Å². The Morgan fingerprint density at radius 2 is 1.88 bits per heavy atom. The second-order valence-electron chi connectivity index (χ2n) is 6.80. The minimum Gasteiger partial charge on any atom is -0.308 e. The SMILES string of the molecule is CC1CNC2(CCCCC2)CN1CC1CCC1. The van der Waals surface area contributed by atoms with Crippen LogP contribution in [0.25, 0.3) is 0 Å². The van der Waals surface area contributed by atoms with Crippen molar-refractivity contribution in [2.24, 2.45) is 5.92 Å². The smallest absolute Gasteiger partial charge is 0.0309 e. The number of hydrogen-bond donors (Lipinski definition) is 1. The average molecular weight is 236 g/mol. The largest absolute Gasteiger partial charge is 0.308 e. The van der Waals surface area contributed by atoms with Crippen LogP contribution in [0, 0.1) is 5.92 Å². The van der Waals surface area contributed by atoms with Gasteiger partial charge in [-0.2, -0.15) is 0 Å². The fourth-order valence-electron chi connectivity index (χ4n) is 3.91. The molecule has 1 heterocycles. The standard InChI is InChI=1S/C15H28N2/c1-13-10-16-15(8-3-2-4-9-15)12-17(13)11-14-6-5-7-14/h13-14,16H,2-12H2,1H3. The number of hydrogen-bond acceptors (Lipinski definition) is 2. The molecule has 0 amide bonds. The maximum Gasteiger partial charge on any atom is 0.0309 e. The zero-order valence-corrected chi connectivity index (χ0v) is 11.4. The van der Waals surface area contributed by atoms with Gasteiger partial charge in [0.2, 0.25) is 0 Å². The highest BCUT2D eigenvalue weighted by atomic mass is 15.3. The molecule has 1 aliphatic heterocycles. The molecule has 0 radical (unpaired) electrons. The summed E-state index contributed by atoms with van der Waals surface area (Å²) in [5, 5.41) is 3.88. The molecule has 0 aromatic rings. The van der Waals surface area contributed by atoms with E-state index in [1.165, 1.54) is 71.0 Å². The third kappa shape index (κ3) is 2.53. The third-order valence-corrected chi connectivity index (χ3v) is 5.43. The number of nitrogens with one attached hydrogen (secondary N) is 1. The second-order valence-corrected chi connectivity index (χ2v) is 6.80. The van der Waals surface area contributed by atoms with Crippen LogP contribution in [0.3, 0.4) is 0 Å². The molecule has 98 valence electrons. The van der Waals surface area contributed by atoms with Gasteiger partial charge in [-0.15, -0.1) is 0 Å². The fraction of sp³-hybridized carbons (Fsp3) is 1.00. The quantitative estimate of drug-likeness (QED) is 0.793. The van der Waals surface area contributed by atoms with Crippen LogP contribution in [0.15, 0.2) is 0 Å². The van der Waals surface area contributed by atoms with Crippen LogP contribution in [0.4, 0.5) is 0 Å². The molecule has 2 nitrogen and oxygen atoms in total. The van der Waals surface area contributed by atoms with Gasteiger partial charge in [0.15, 0.2) is 0 Å². The van der Waals surface area contributed by atoms with E-state index >= 15 is 0 Å². The maximum atomic E-state index is 3.88. The van der Waals surface area contributed by atoms with E-state index < -0.39 is 0 Å². The predicted molar refractivity (Wildman–Crippen MR) is 72.2 cm³/mol. The van der Waals surface area contributed by atoms with Gasteiger partial charge in [-0.25, -0.2) is 0 Å². The van der Waals surface area contributed by atoms with E-state index in [1.54, 1.807) is 0 Å². The first kappa shape index (κ1) is 12.0. The van der Waals surface area contributed by atoms with Crippen molar-refractivity contribution in [2.75, 3.05) is 19.6 Å². The Morgan fingerprint density at radius 1 is 1.12 bits per heavy atom. The van der Waals surface area contributed by atoms with Crippen LogP contribution in [0.2, 0.25) is 0 Å². The van der Waals surface area contributed by atoms with Gasteiger partial charge in [0.25, 0.3) is 0 Å². The van der Waals surface area contributed by atoms with Crippen molar-refractivity contribution in [3.63, 3.8) is 0 Å². The topological polar surface area (TPSA) is 15.3 Å². The van der Waals surface area contributed by atoms with E-state index in [9.17, 15) is 0 Å². The maximum absolute atomic E-state index is 3.88. The van der Waals surface area contributed by atoms with Crippen LogP contribution in [-0.2, 0) is 0 Å². The van der Waals surface area contributed by atoms with E-state index in [2.05, 4.69) is 17.1 Å². The molecule has 17 heavy (non-hydrogen) atoms.